The van der Waals surface area contributed by atoms with Crippen molar-refractivity contribution in [1.29, 1.82) is 0 Å². The van der Waals surface area contributed by atoms with Crippen LogP contribution in [0.2, 0.25) is 0 Å². The van der Waals surface area contributed by atoms with E-state index < -0.39 is 12.0 Å². The van der Waals surface area contributed by atoms with E-state index in [0.717, 1.165) is 5.56 Å². The van der Waals surface area contributed by atoms with Gasteiger partial charge in [0, 0.05) is 18.1 Å². The van der Waals surface area contributed by atoms with Crippen molar-refractivity contribution < 1.29 is 14.1 Å². The second-order valence-corrected chi connectivity index (χ2v) is 3.88. The summed E-state index contributed by atoms with van der Waals surface area (Å²) in [6.45, 7) is 0. The molecule has 0 aliphatic heterocycles. The lowest BCUT2D eigenvalue weighted by molar-refractivity contribution is -0.142. The number of nitrogens with two attached hydrogens (primary N) is 1. The van der Waals surface area contributed by atoms with Crippen LogP contribution < -0.4 is 5.73 Å². The van der Waals surface area contributed by atoms with Gasteiger partial charge in [-0.1, -0.05) is 35.5 Å². The van der Waals surface area contributed by atoms with Crippen LogP contribution >= 0.6 is 0 Å². The quantitative estimate of drug-likeness (QED) is 0.824. The molecule has 18 heavy (non-hydrogen) atoms. The predicted molar refractivity (Wildman–Crippen MR) is 65.6 cm³/mol. The normalized spacial score (nSPS) is 12.1. The molecule has 5 nitrogen and oxygen atoms in total. The molecular formula is C13H14N2O3. The van der Waals surface area contributed by atoms with E-state index in [4.69, 9.17) is 10.3 Å². The average molecular weight is 246 g/mol. The minimum atomic E-state index is -0.719. The van der Waals surface area contributed by atoms with Crippen molar-refractivity contribution in [3.63, 3.8) is 0 Å². The van der Waals surface area contributed by atoms with Gasteiger partial charge in [-0.3, -0.25) is 4.79 Å². The number of carbonyl (C=O) groups excluding carboxylic acids is 1. The third-order valence-electron chi connectivity index (χ3n) is 2.55. The third kappa shape index (κ3) is 2.75. The molecule has 2 N–H and O–H groups in total. The highest BCUT2D eigenvalue weighted by Gasteiger charge is 2.17. The van der Waals surface area contributed by atoms with Crippen molar-refractivity contribution in [3.05, 3.63) is 42.1 Å². The van der Waals surface area contributed by atoms with Gasteiger partial charge in [-0.15, -0.1) is 0 Å². The lowest BCUT2D eigenvalue weighted by Gasteiger charge is -2.05. The summed E-state index contributed by atoms with van der Waals surface area (Å²) in [6, 6.07) is 10.7. The molecule has 1 aromatic carbocycles. The lowest BCUT2D eigenvalue weighted by atomic mass is 10.1. The van der Waals surface area contributed by atoms with Crippen LogP contribution in [0.15, 0.2) is 40.9 Å². The number of rotatable bonds is 4. The molecule has 0 fully saturated rings. The van der Waals surface area contributed by atoms with Crippen LogP contribution in [-0.2, 0) is 16.0 Å². The maximum Gasteiger partial charge on any atom is 0.323 e. The SMILES string of the molecule is COC(=O)[C@@H](N)Cc1cc(-c2ccccc2)on1. The molecule has 0 radical (unpaired) electrons. The van der Waals surface area contributed by atoms with Crippen molar-refractivity contribution in [2.24, 2.45) is 5.73 Å². The van der Waals surface area contributed by atoms with Crippen molar-refractivity contribution in [1.82, 2.24) is 5.16 Å². The summed E-state index contributed by atoms with van der Waals surface area (Å²) in [6.07, 6.45) is 0.295. The first-order valence-electron chi connectivity index (χ1n) is 5.55. The fraction of sp³-hybridized carbons (Fsp3) is 0.231. The van der Waals surface area contributed by atoms with Gasteiger partial charge in [0.1, 0.15) is 6.04 Å². The van der Waals surface area contributed by atoms with Gasteiger partial charge in [0.2, 0.25) is 0 Å². The Morgan fingerprint density at radius 1 is 1.44 bits per heavy atom. The second-order valence-electron chi connectivity index (χ2n) is 3.88. The van der Waals surface area contributed by atoms with Gasteiger partial charge in [-0.25, -0.2) is 0 Å². The standard InChI is InChI=1S/C13H14N2O3/c1-17-13(16)11(14)7-10-8-12(18-15-10)9-5-3-2-4-6-9/h2-6,8,11H,7,14H2,1H3/t11-/m0/s1. The Labute approximate surface area is 105 Å². The van der Waals surface area contributed by atoms with Gasteiger partial charge >= 0.3 is 5.97 Å². The minimum Gasteiger partial charge on any atom is -0.468 e. The van der Waals surface area contributed by atoms with Gasteiger partial charge in [0.05, 0.1) is 12.8 Å². The Morgan fingerprint density at radius 3 is 2.83 bits per heavy atom. The molecule has 0 spiro atoms. The highest BCUT2D eigenvalue weighted by Crippen LogP contribution is 2.20. The number of benzene rings is 1. The van der Waals surface area contributed by atoms with Gasteiger partial charge < -0.3 is 15.0 Å². The first kappa shape index (κ1) is 12.3. The van der Waals surface area contributed by atoms with Crippen LogP contribution in [0.1, 0.15) is 5.69 Å². The summed E-state index contributed by atoms with van der Waals surface area (Å²) in [5, 5.41) is 3.89. The Bertz CT molecular complexity index is 522. The van der Waals surface area contributed by atoms with E-state index in [9.17, 15) is 4.79 Å². The van der Waals surface area contributed by atoms with Crippen molar-refractivity contribution in [2.75, 3.05) is 7.11 Å². The Balaban J connectivity index is 2.09. The second kappa shape index (κ2) is 5.46. The molecule has 5 heteroatoms. The highest BCUT2D eigenvalue weighted by atomic mass is 16.5. The summed E-state index contributed by atoms with van der Waals surface area (Å²) in [7, 11) is 1.31. The van der Waals surface area contributed by atoms with Gasteiger partial charge in [0.15, 0.2) is 5.76 Å². The Kier molecular flexibility index (Phi) is 3.74. The number of esters is 1. The number of carbonyl (C=O) groups is 1. The van der Waals surface area contributed by atoms with Crippen molar-refractivity contribution >= 4 is 5.97 Å². The van der Waals surface area contributed by atoms with E-state index in [1.807, 2.05) is 30.3 Å². The molecule has 2 rings (SSSR count). The number of ether oxygens (including phenoxy) is 1. The molecule has 94 valence electrons. The van der Waals surface area contributed by atoms with E-state index in [1.54, 1.807) is 6.07 Å². The zero-order valence-electron chi connectivity index (χ0n) is 10.00. The van der Waals surface area contributed by atoms with Crippen LogP contribution in [-0.4, -0.2) is 24.3 Å². The molecule has 0 saturated carbocycles. The lowest BCUT2D eigenvalue weighted by Crippen LogP contribution is -2.33. The summed E-state index contributed by atoms with van der Waals surface area (Å²) >= 11 is 0. The van der Waals surface area contributed by atoms with E-state index in [0.29, 0.717) is 17.9 Å². The molecule has 2 aromatic rings. The monoisotopic (exact) mass is 246 g/mol. The van der Waals surface area contributed by atoms with Crippen molar-refractivity contribution in [3.8, 4) is 11.3 Å². The molecule has 0 amide bonds. The topological polar surface area (TPSA) is 78.4 Å². The van der Waals surface area contributed by atoms with Crippen LogP contribution in [0.5, 0.6) is 0 Å². The molecule has 1 heterocycles. The molecule has 1 atom stereocenters. The first-order chi connectivity index (χ1) is 8.70. The summed E-state index contributed by atoms with van der Waals surface area (Å²) < 4.78 is 9.76. The van der Waals surface area contributed by atoms with E-state index in [2.05, 4.69) is 9.89 Å². The van der Waals surface area contributed by atoms with E-state index in [1.165, 1.54) is 7.11 Å². The first-order valence-corrected chi connectivity index (χ1v) is 5.55. The van der Waals surface area contributed by atoms with Crippen LogP contribution in [0.25, 0.3) is 11.3 Å². The van der Waals surface area contributed by atoms with Gasteiger partial charge in [-0.05, 0) is 0 Å². The number of hydrogen-bond acceptors (Lipinski definition) is 5. The molecular weight excluding hydrogens is 232 g/mol. The maximum absolute atomic E-state index is 11.2. The van der Waals surface area contributed by atoms with Crippen LogP contribution in [0.3, 0.4) is 0 Å². The summed E-state index contributed by atoms with van der Waals surface area (Å²) in [5.41, 5.74) is 7.22. The summed E-state index contributed by atoms with van der Waals surface area (Å²) in [4.78, 5) is 11.2. The molecule has 0 saturated heterocycles. The third-order valence-corrected chi connectivity index (χ3v) is 2.55. The Hall–Kier alpha value is -2.14. The van der Waals surface area contributed by atoms with Crippen LogP contribution in [0, 0.1) is 0 Å². The smallest absolute Gasteiger partial charge is 0.323 e. The van der Waals surface area contributed by atoms with E-state index >= 15 is 0 Å². The summed E-state index contributed by atoms with van der Waals surface area (Å²) in [5.74, 6) is 0.196. The Morgan fingerprint density at radius 2 is 2.17 bits per heavy atom. The number of methoxy groups -OCH3 is 1. The largest absolute Gasteiger partial charge is 0.468 e. The molecule has 0 unspecified atom stereocenters. The van der Waals surface area contributed by atoms with E-state index in [-0.39, 0.29) is 0 Å². The average Bonchev–Trinajstić information content (AvgIpc) is 2.87. The number of nitrogens with zero attached hydrogens (tertiary/aromatic N) is 1. The maximum atomic E-state index is 11.2. The van der Waals surface area contributed by atoms with Crippen molar-refractivity contribution in [2.45, 2.75) is 12.5 Å². The molecule has 0 aliphatic rings. The number of aromatic nitrogens is 1. The number of hydrogen-bond donors (Lipinski definition) is 1. The van der Waals surface area contributed by atoms with Crippen LogP contribution in [0.4, 0.5) is 0 Å². The fourth-order valence-electron chi connectivity index (χ4n) is 1.61. The molecule has 1 aromatic heterocycles. The van der Waals surface area contributed by atoms with Gasteiger partial charge in [-0.2, -0.15) is 0 Å². The zero-order chi connectivity index (χ0) is 13.0. The zero-order valence-corrected chi connectivity index (χ0v) is 10.00. The fourth-order valence-corrected chi connectivity index (χ4v) is 1.61. The molecule has 0 aliphatic carbocycles. The minimum absolute atomic E-state index is 0.295. The molecule has 0 bridgehead atoms. The van der Waals surface area contributed by atoms with Gasteiger partial charge in [0.25, 0.3) is 0 Å². The predicted octanol–water partition coefficient (Wildman–Crippen LogP) is 1.38. The highest BCUT2D eigenvalue weighted by molar-refractivity contribution is 5.75.